The van der Waals surface area contributed by atoms with Gasteiger partial charge in [-0.15, -0.1) is 0 Å². The van der Waals surface area contributed by atoms with Gasteiger partial charge in [-0.1, -0.05) is 11.6 Å². The number of piperidine rings is 1. The first-order valence-corrected chi connectivity index (χ1v) is 7.40. The highest BCUT2D eigenvalue weighted by molar-refractivity contribution is 6.32. The van der Waals surface area contributed by atoms with Crippen molar-refractivity contribution in [3.63, 3.8) is 0 Å². The summed E-state index contributed by atoms with van der Waals surface area (Å²) in [6.45, 7) is 0.712. The minimum atomic E-state index is -1.02. The van der Waals surface area contributed by atoms with E-state index in [9.17, 15) is 19.3 Å². The topological polar surface area (TPSA) is 92.9 Å². The summed E-state index contributed by atoms with van der Waals surface area (Å²) in [5, 5.41) is 20.1. The summed E-state index contributed by atoms with van der Waals surface area (Å²) in [7, 11) is 1.18. The molecule has 1 atom stereocenters. The van der Waals surface area contributed by atoms with Gasteiger partial charge in [0, 0.05) is 13.1 Å². The number of methoxy groups -OCH3 is 1. The fourth-order valence-corrected chi connectivity index (χ4v) is 3.17. The molecule has 7 nitrogen and oxygen atoms in total. The lowest BCUT2D eigenvalue weighted by Crippen LogP contribution is -2.39. The van der Waals surface area contributed by atoms with Crippen LogP contribution in [-0.2, 0) is 6.42 Å². The molecule has 9 heteroatoms. The summed E-state index contributed by atoms with van der Waals surface area (Å²) >= 11 is 5.95. The van der Waals surface area contributed by atoms with Crippen molar-refractivity contribution in [1.82, 2.24) is 4.90 Å². The van der Waals surface area contributed by atoms with Crippen molar-refractivity contribution in [2.24, 2.45) is 5.92 Å². The maximum atomic E-state index is 14.5. The van der Waals surface area contributed by atoms with E-state index in [0.29, 0.717) is 13.0 Å². The number of benzene rings is 1. The van der Waals surface area contributed by atoms with Crippen LogP contribution in [0.3, 0.4) is 0 Å². The van der Waals surface area contributed by atoms with Crippen LogP contribution in [0.15, 0.2) is 6.07 Å². The smallest absolute Gasteiger partial charge is 0.407 e. The summed E-state index contributed by atoms with van der Waals surface area (Å²) < 4.78 is 19.3. The number of rotatable bonds is 4. The van der Waals surface area contributed by atoms with E-state index in [2.05, 4.69) is 0 Å². The van der Waals surface area contributed by atoms with Crippen LogP contribution in [0, 0.1) is 21.8 Å². The Labute approximate surface area is 136 Å². The molecular formula is C14H16ClFN2O5. The molecule has 1 heterocycles. The Hall–Kier alpha value is -2.09. The van der Waals surface area contributed by atoms with Crippen molar-refractivity contribution in [1.29, 1.82) is 0 Å². The van der Waals surface area contributed by atoms with E-state index in [-0.39, 0.29) is 35.2 Å². The Morgan fingerprint density at radius 2 is 2.35 bits per heavy atom. The Morgan fingerprint density at radius 3 is 2.91 bits per heavy atom. The molecule has 1 amide bonds. The molecule has 1 aliphatic heterocycles. The third kappa shape index (κ3) is 3.64. The third-order valence-corrected chi connectivity index (χ3v) is 4.19. The van der Waals surface area contributed by atoms with Crippen molar-refractivity contribution in [2.75, 3.05) is 20.2 Å². The zero-order valence-corrected chi connectivity index (χ0v) is 13.2. The first-order valence-electron chi connectivity index (χ1n) is 7.02. The first kappa shape index (κ1) is 17.3. The molecule has 0 radical (unpaired) electrons. The molecule has 1 aliphatic rings. The largest absolute Gasteiger partial charge is 0.489 e. The fourth-order valence-electron chi connectivity index (χ4n) is 2.87. The van der Waals surface area contributed by atoms with Gasteiger partial charge in [-0.3, -0.25) is 10.1 Å². The van der Waals surface area contributed by atoms with E-state index in [4.69, 9.17) is 21.4 Å². The molecular weight excluding hydrogens is 331 g/mol. The van der Waals surface area contributed by atoms with E-state index < -0.39 is 22.5 Å². The van der Waals surface area contributed by atoms with Gasteiger partial charge in [-0.2, -0.15) is 4.39 Å². The third-order valence-electron chi connectivity index (χ3n) is 3.91. The first-order chi connectivity index (χ1) is 10.8. The average Bonchev–Trinajstić information content (AvgIpc) is 2.50. The van der Waals surface area contributed by atoms with Crippen LogP contribution < -0.4 is 4.74 Å². The van der Waals surface area contributed by atoms with Crippen molar-refractivity contribution in [3.05, 3.63) is 32.6 Å². The molecule has 1 saturated heterocycles. The molecule has 0 spiro atoms. The summed E-state index contributed by atoms with van der Waals surface area (Å²) in [5.74, 6) is -1.41. The molecule has 0 aliphatic carbocycles. The second-order valence-electron chi connectivity index (χ2n) is 5.41. The molecule has 1 aromatic carbocycles. The fraction of sp³-hybridized carbons (Fsp3) is 0.500. The quantitative estimate of drug-likeness (QED) is 0.666. The monoisotopic (exact) mass is 346 g/mol. The number of carboxylic acid groups (broad SMARTS) is 1. The highest BCUT2D eigenvalue weighted by Crippen LogP contribution is 2.39. The number of nitrogens with zero attached hydrogens (tertiary/aromatic N) is 2. The van der Waals surface area contributed by atoms with E-state index in [1.54, 1.807) is 0 Å². The zero-order chi connectivity index (χ0) is 17.1. The molecule has 0 aromatic heterocycles. The maximum absolute atomic E-state index is 14.5. The van der Waals surface area contributed by atoms with E-state index in [1.165, 1.54) is 18.1 Å². The minimum absolute atomic E-state index is 0.0403. The molecule has 1 fully saturated rings. The lowest BCUT2D eigenvalue weighted by molar-refractivity contribution is -0.388. The number of halogens is 2. The summed E-state index contributed by atoms with van der Waals surface area (Å²) in [6, 6.07) is 1.31. The van der Waals surface area contributed by atoms with Gasteiger partial charge in [-0.25, -0.2) is 4.79 Å². The highest BCUT2D eigenvalue weighted by atomic mass is 35.5. The molecule has 1 unspecified atom stereocenters. The number of carbonyl (C=O) groups is 1. The van der Waals surface area contributed by atoms with Crippen LogP contribution in [0.25, 0.3) is 0 Å². The molecule has 1 N–H and O–H groups in total. The van der Waals surface area contributed by atoms with Gasteiger partial charge in [0.15, 0.2) is 0 Å². The van der Waals surface area contributed by atoms with Gasteiger partial charge in [0.25, 0.3) is 0 Å². The standard InChI is InChI=1S/C14H16ClFN2O5/c1-23-13-10(15)6-9(11(16)12(13)18(21)22)5-8-3-2-4-17(7-8)14(19)20/h6,8H,2-5,7H2,1H3,(H,19,20). The van der Waals surface area contributed by atoms with Gasteiger partial charge in [-0.05, 0) is 36.8 Å². The van der Waals surface area contributed by atoms with Crippen molar-refractivity contribution in [2.45, 2.75) is 19.3 Å². The van der Waals surface area contributed by atoms with Crippen LogP contribution in [0.2, 0.25) is 5.02 Å². The Balaban J connectivity index is 2.30. The SMILES string of the molecule is COc1c(Cl)cc(CC2CCCN(C(=O)O)C2)c(F)c1[N+](=O)[O-]. The molecule has 0 saturated carbocycles. The zero-order valence-electron chi connectivity index (χ0n) is 12.4. The predicted octanol–water partition coefficient (Wildman–Crippen LogP) is 3.33. The predicted molar refractivity (Wildman–Crippen MR) is 80.6 cm³/mol. The number of likely N-dealkylation sites (tertiary alicyclic amines) is 1. The average molecular weight is 347 g/mol. The van der Waals surface area contributed by atoms with Crippen molar-refractivity contribution >= 4 is 23.4 Å². The molecule has 126 valence electrons. The van der Waals surface area contributed by atoms with Crippen LogP contribution in [-0.4, -0.2) is 41.2 Å². The number of hydrogen-bond donors (Lipinski definition) is 1. The highest BCUT2D eigenvalue weighted by Gasteiger charge is 2.30. The summed E-state index contributed by atoms with van der Waals surface area (Å²) in [5.41, 5.74) is -0.694. The second-order valence-corrected chi connectivity index (χ2v) is 5.82. The Bertz CT molecular complexity index is 640. The lowest BCUT2D eigenvalue weighted by Gasteiger charge is -2.30. The number of nitro groups is 1. The molecule has 23 heavy (non-hydrogen) atoms. The Morgan fingerprint density at radius 1 is 1.65 bits per heavy atom. The van der Waals surface area contributed by atoms with E-state index in [0.717, 1.165) is 6.42 Å². The van der Waals surface area contributed by atoms with Gasteiger partial charge in [0.2, 0.25) is 11.6 Å². The summed E-state index contributed by atoms with van der Waals surface area (Å²) in [6.07, 6.45) is 0.555. The van der Waals surface area contributed by atoms with E-state index in [1.807, 2.05) is 0 Å². The van der Waals surface area contributed by atoms with Crippen molar-refractivity contribution in [3.8, 4) is 5.75 Å². The number of amides is 1. The molecule has 2 rings (SSSR count). The Kier molecular flexibility index (Phi) is 5.25. The van der Waals surface area contributed by atoms with Gasteiger partial charge in [0.1, 0.15) is 0 Å². The number of hydrogen-bond acceptors (Lipinski definition) is 4. The molecule has 1 aromatic rings. The van der Waals surface area contributed by atoms with E-state index >= 15 is 0 Å². The summed E-state index contributed by atoms with van der Waals surface area (Å²) in [4.78, 5) is 22.5. The van der Waals surface area contributed by atoms with Gasteiger partial charge >= 0.3 is 11.8 Å². The second kappa shape index (κ2) is 6.99. The van der Waals surface area contributed by atoms with Crippen molar-refractivity contribution < 1.29 is 24.0 Å². The van der Waals surface area contributed by atoms with Crippen LogP contribution in [0.4, 0.5) is 14.9 Å². The van der Waals surface area contributed by atoms with Crippen LogP contribution in [0.5, 0.6) is 5.75 Å². The van der Waals surface area contributed by atoms with Crippen LogP contribution >= 0.6 is 11.6 Å². The normalized spacial score (nSPS) is 17.9. The van der Waals surface area contributed by atoms with Gasteiger partial charge < -0.3 is 14.7 Å². The van der Waals surface area contributed by atoms with Gasteiger partial charge in [0.05, 0.1) is 17.1 Å². The lowest BCUT2D eigenvalue weighted by atomic mass is 9.91. The minimum Gasteiger partial charge on any atom is -0.489 e. The maximum Gasteiger partial charge on any atom is 0.407 e. The number of nitro benzene ring substituents is 1. The number of ether oxygens (including phenoxy) is 1. The molecule has 0 bridgehead atoms. The van der Waals surface area contributed by atoms with Crippen LogP contribution in [0.1, 0.15) is 18.4 Å².